The second kappa shape index (κ2) is 68.2. The van der Waals surface area contributed by atoms with Gasteiger partial charge in [-0.25, -0.2) is 9.13 Å². The molecule has 0 saturated heterocycles. The molecule has 0 aliphatic heterocycles. The van der Waals surface area contributed by atoms with Gasteiger partial charge in [-0.05, 0) is 31.6 Å². The summed E-state index contributed by atoms with van der Waals surface area (Å²) < 4.78 is 68.5. The maximum absolute atomic E-state index is 13.1. The number of hydrogen-bond acceptors (Lipinski definition) is 15. The summed E-state index contributed by atoms with van der Waals surface area (Å²) in [7, 11) is -9.91. The smallest absolute Gasteiger partial charge is 0.462 e. The van der Waals surface area contributed by atoms with Crippen molar-refractivity contribution in [3.63, 3.8) is 0 Å². The molecule has 0 saturated carbocycles. The predicted molar refractivity (Wildman–Crippen MR) is 382 cm³/mol. The van der Waals surface area contributed by atoms with Gasteiger partial charge in [0.25, 0.3) is 0 Å². The molecule has 0 amide bonds. The molecule has 2 unspecified atom stereocenters. The van der Waals surface area contributed by atoms with Crippen molar-refractivity contribution in [1.29, 1.82) is 0 Å². The van der Waals surface area contributed by atoms with E-state index in [1.54, 1.807) is 0 Å². The fourth-order valence-electron chi connectivity index (χ4n) is 11.5. The summed E-state index contributed by atoms with van der Waals surface area (Å²) in [4.78, 5) is 72.8. The number of phosphoric acid groups is 2. The fourth-order valence-corrected chi connectivity index (χ4v) is 13.1. The zero-order chi connectivity index (χ0) is 69.1. The lowest BCUT2D eigenvalue weighted by Gasteiger charge is -2.21. The largest absolute Gasteiger partial charge is 0.472 e. The number of unbranched alkanes of at least 4 members (excludes halogenated alkanes) is 47. The average molecular weight is 1380 g/mol. The van der Waals surface area contributed by atoms with E-state index >= 15 is 0 Å². The Bertz CT molecular complexity index is 1810. The molecule has 558 valence electrons. The molecular weight excluding hydrogens is 1230 g/mol. The minimum atomic E-state index is -4.95. The molecule has 0 aromatic rings. The van der Waals surface area contributed by atoms with Crippen LogP contribution < -0.4 is 0 Å². The number of ether oxygens (including phenoxy) is 4. The lowest BCUT2D eigenvalue weighted by molar-refractivity contribution is -0.161. The van der Waals surface area contributed by atoms with Crippen molar-refractivity contribution < 1.29 is 80.2 Å². The van der Waals surface area contributed by atoms with Gasteiger partial charge in [0.15, 0.2) is 12.2 Å². The summed E-state index contributed by atoms with van der Waals surface area (Å²) in [5.41, 5.74) is 0. The Labute approximate surface area is 575 Å². The fraction of sp³-hybridized carbons (Fsp3) is 0.947. The number of hydrogen-bond donors (Lipinski definition) is 3. The Morgan fingerprint density at radius 2 is 0.489 bits per heavy atom. The molecule has 0 aliphatic carbocycles. The summed E-state index contributed by atoms with van der Waals surface area (Å²) in [6, 6.07) is 0. The van der Waals surface area contributed by atoms with E-state index in [1.165, 1.54) is 218 Å². The SMILES string of the molecule is CCCCCCCCCCCCCCCCC(=O)OC[C@H](COP(=O)(O)OC[C@@H](O)COP(=O)(O)OC[C@@H](COC(=O)CCCCCCCCCCCCCCC)OC(=O)CCCCCCCCCCCCC(C)C)OC(=O)CCCCCCCCCCCCCCCC. The molecule has 0 fully saturated rings. The molecule has 0 bridgehead atoms. The highest BCUT2D eigenvalue weighted by molar-refractivity contribution is 7.47. The van der Waals surface area contributed by atoms with Crippen molar-refractivity contribution in [3.05, 3.63) is 0 Å². The number of esters is 4. The van der Waals surface area contributed by atoms with E-state index in [9.17, 15) is 43.2 Å². The standard InChI is InChI=1S/C75H146O17P2/c1-6-9-12-15-18-21-24-27-30-33-39-44-49-54-59-73(78)86-64-70(91-74(79)60-55-50-45-40-34-31-28-25-22-19-16-13-10-7-2)66-89-93(81,82)87-62-69(76)63-88-94(83,84)90-67-71(92-75(80)61-56-51-46-41-36-35-37-42-47-52-57-68(4)5)65-85-72(77)58-53-48-43-38-32-29-26-23-20-17-14-11-8-3/h68-71,76H,6-67H2,1-5H3,(H,81,82)(H,83,84)/t69-,70-,71-/m1/s1. The second-order valence-electron chi connectivity index (χ2n) is 27.5. The Balaban J connectivity index is 5.26. The Hall–Kier alpha value is -1.94. The number of rotatable bonds is 75. The quantitative estimate of drug-likeness (QED) is 0.0222. The van der Waals surface area contributed by atoms with Gasteiger partial charge in [0.05, 0.1) is 26.4 Å². The maximum Gasteiger partial charge on any atom is 0.472 e. The van der Waals surface area contributed by atoms with Crippen LogP contribution in [0, 0.1) is 5.92 Å². The van der Waals surface area contributed by atoms with Crippen LogP contribution in [0.25, 0.3) is 0 Å². The zero-order valence-electron chi connectivity index (χ0n) is 61.1. The number of aliphatic hydroxyl groups is 1. The zero-order valence-corrected chi connectivity index (χ0v) is 62.9. The third-order valence-corrected chi connectivity index (χ3v) is 19.4. The normalized spacial score (nSPS) is 14.0. The van der Waals surface area contributed by atoms with Gasteiger partial charge < -0.3 is 33.8 Å². The minimum absolute atomic E-state index is 0.107. The van der Waals surface area contributed by atoms with Crippen molar-refractivity contribution in [1.82, 2.24) is 0 Å². The molecule has 3 N–H and O–H groups in total. The van der Waals surface area contributed by atoms with E-state index in [2.05, 4.69) is 34.6 Å². The molecule has 0 aliphatic rings. The molecule has 0 aromatic heterocycles. The molecule has 0 spiro atoms. The molecule has 0 radical (unpaired) electrons. The Morgan fingerprint density at radius 3 is 0.723 bits per heavy atom. The summed E-state index contributed by atoms with van der Waals surface area (Å²) in [6.07, 6.45) is 56.6. The molecule has 0 aromatic carbocycles. The highest BCUT2D eigenvalue weighted by atomic mass is 31.2. The number of aliphatic hydroxyl groups excluding tert-OH is 1. The summed E-state index contributed by atoms with van der Waals surface area (Å²) >= 11 is 0. The molecular formula is C75H146O17P2. The third kappa shape index (κ3) is 68.6. The van der Waals surface area contributed by atoms with E-state index in [0.717, 1.165) is 95.8 Å². The van der Waals surface area contributed by atoms with Crippen molar-refractivity contribution >= 4 is 39.5 Å². The topological polar surface area (TPSA) is 237 Å². The number of carbonyl (C=O) groups is 4. The monoisotopic (exact) mass is 1380 g/mol. The molecule has 0 heterocycles. The van der Waals surface area contributed by atoms with Crippen LogP contribution >= 0.6 is 15.6 Å². The van der Waals surface area contributed by atoms with E-state index in [4.69, 9.17) is 37.0 Å². The van der Waals surface area contributed by atoms with Crippen molar-refractivity contribution in [2.24, 2.45) is 5.92 Å². The average Bonchev–Trinajstić information content (AvgIpc) is 2.35. The predicted octanol–water partition coefficient (Wildman–Crippen LogP) is 22.1. The highest BCUT2D eigenvalue weighted by Crippen LogP contribution is 2.45. The number of phosphoric ester groups is 2. The van der Waals surface area contributed by atoms with Gasteiger partial charge in [0.1, 0.15) is 19.3 Å². The van der Waals surface area contributed by atoms with Crippen LogP contribution in [0.3, 0.4) is 0 Å². The van der Waals surface area contributed by atoms with E-state index in [0.29, 0.717) is 25.7 Å². The lowest BCUT2D eigenvalue weighted by atomic mass is 10.0. The van der Waals surface area contributed by atoms with Crippen LogP contribution in [0.15, 0.2) is 0 Å². The first-order valence-corrected chi connectivity index (χ1v) is 42.1. The minimum Gasteiger partial charge on any atom is -0.462 e. The van der Waals surface area contributed by atoms with Gasteiger partial charge in [-0.2, -0.15) is 0 Å². The Morgan fingerprint density at radius 1 is 0.287 bits per heavy atom. The van der Waals surface area contributed by atoms with E-state index in [-0.39, 0.29) is 25.7 Å². The van der Waals surface area contributed by atoms with Gasteiger partial charge in [0.2, 0.25) is 0 Å². The lowest BCUT2D eigenvalue weighted by Crippen LogP contribution is -2.30. The van der Waals surface area contributed by atoms with Gasteiger partial charge in [-0.15, -0.1) is 0 Å². The highest BCUT2D eigenvalue weighted by Gasteiger charge is 2.30. The molecule has 17 nitrogen and oxygen atoms in total. The first kappa shape index (κ1) is 92.1. The number of carbonyl (C=O) groups excluding carboxylic acids is 4. The molecule has 5 atom stereocenters. The van der Waals surface area contributed by atoms with Crippen molar-refractivity contribution in [3.8, 4) is 0 Å². The van der Waals surface area contributed by atoms with Crippen LogP contribution in [0.1, 0.15) is 394 Å². The molecule has 19 heteroatoms. The van der Waals surface area contributed by atoms with Gasteiger partial charge in [-0.3, -0.25) is 37.3 Å². The van der Waals surface area contributed by atoms with Crippen LogP contribution in [-0.4, -0.2) is 96.7 Å². The van der Waals surface area contributed by atoms with Gasteiger partial charge in [0, 0.05) is 25.7 Å². The summed E-state index contributed by atoms with van der Waals surface area (Å²) in [5.74, 6) is -1.36. The van der Waals surface area contributed by atoms with E-state index < -0.39 is 97.5 Å². The van der Waals surface area contributed by atoms with Crippen LogP contribution in [0.2, 0.25) is 0 Å². The van der Waals surface area contributed by atoms with Gasteiger partial charge >= 0.3 is 39.5 Å². The molecule has 0 rings (SSSR count). The van der Waals surface area contributed by atoms with Crippen LogP contribution in [-0.2, 0) is 65.4 Å². The summed E-state index contributed by atoms with van der Waals surface area (Å²) in [5, 5.41) is 10.6. The van der Waals surface area contributed by atoms with Crippen molar-refractivity contribution in [2.75, 3.05) is 39.6 Å². The van der Waals surface area contributed by atoms with E-state index in [1.807, 2.05) is 0 Å². The maximum atomic E-state index is 13.1. The third-order valence-electron chi connectivity index (χ3n) is 17.5. The van der Waals surface area contributed by atoms with Crippen LogP contribution in [0.5, 0.6) is 0 Å². The Kier molecular flexibility index (Phi) is 66.8. The van der Waals surface area contributed by atoms with Crippen molar-refractivity contribution in [2.45, 2.75) is 412 Å². The summed E-state index contributed by atoms with van der Waals surface area (Å²) in [6.45, 7) is 7.29. The first-order chi connectivity index (χ1) is 45.5. The van der Waals surface area contributed by atoms with Gasteiger partial charge in [-0.1, -0.05) is 343 Å². The second-order valence-corrected chi connectivity index (χ2v) is 30.4. The molecule has 94 heavy (non-hydrogen) atoms. The van der Waals surface area contributed by atoms with Crippen LogP contribution in [0.4, 0.5) is 0 Å². The first-order valence-electron chi connectivity index (χ1n) is 39.1.